The van der Waals surface area contributed by atoms with Crippen molar-refractivity contribution in [2.24, 2.45) is 0 Å². The summed E-state index contributed by atoms with van der Waals surface area (Å²) in [7, 11) is 0. The molecule has 0 aliphatic heterocycles. The fourth-order valence-electron chi connectivity index (χ4n) is 1.51. The van der Waals surface area contributed by atoms with E-state index in [-0.39, 0.29) is 29.6 Å². The molecule has 3 nitrogen and oxygen atoms in total. The summed E-state index contributed by atoms with van der Waals surface area (Å²) in [5.41, 5.74) is 1.19. The third-order valence-electron chi connectivity index (χ3n) is 2.37. The molecule has 0 aliphatic carbocycles. The van der Waals surface area contributed by atoms with Crippen LogP contribution in [0.25, 0.3) is 0 Å². The molecule has 0 saturated heterocycles. The van der Waals surface area contributed by atoms with Crippen LogP contribution in [0.4, 0.5) is 0 Å². The molecule has 1 aromatic carbocycles. The van der Waals surface area contributed by atoms with Crippen LogP contribution in [-0.4, -0.2) is 41.5 Å². The Labute approximate surface area is 130 Å². The van der Waals surface area contributed by atoms with Crippen LogP contribution in [0.2, 0.25) is 0 Å². The van der Waals surface area contributed by atoms with E-state index in [9.17, 15) is 9.59 Å². The van der Waals surface area contributed by atoms with E-state index in [0.717, 1.165) is 6.42 Å². The molecule has 1 aromatic rings. The Balaban J connectivity index is 0.00000289. The van der Waals surface area contributed by atoms with E-state index in [2.05, 4.69) is 4.74 Å². The second kappa shape index (κ2) is 10.3. The van der Waals surface area contributed by atoms with Crippen LogP contribution in [-0.2, 0) is 20.7 Å². The van der Waals surface area contributed by atoms with Gasteiger partial charge in [0.05, 0.1) is 0 Å². The van der Waals surface area contributed by atoms with Crippen LogP contribution < -0.4 is 0 Å². The van der Waals surface area contributed by atoms with Crippen molar-refractivity contribution in [3.8, 4) is 0 Å². The van der Waals surface area contributed by atoms with Crippen molar-refractivity contribution in [3.63, 3.8) is 0 Å². The van der Waals surface area contributed by atoms with Gasteiger partial charge in [0.25, 0.3) is 0 Å². The first kappa shape index (κ1) is 17.4. The van der Waals surface area contributed by atoms with Crippen LogP contribution in [0.3, 0.4) is 0 Å². The Morgan fingerprint density at radius 1 is 1.06 bits per heavy atom. The summed E-state index contributed by atoms with van der Waals surface area (Å²) in [4.78, 5) is 22.3. The third kappa shape index (κ3) is 7.64. The number of ether oxygens (including phenoxy) is 1. The number of aryl methyl sites for hydroxylation is 1. The minimum absolute atomic E-state index is 0. The molecule has 0 amide bonds. The van der Waals surface area contributed by atoms with Gasteiger partial charge in [-0.15, -0.1) is 0 Å². The number of esters is 2. The fraction of sp³-hybridized carbons (Fsp3) is 0.429. The fourth-order valence-corrected chi connectivity index (χ4v) is 1.51. The van der Waals surface area contributed by atoms with Crippen molar-refractivity contribution >= 4 is 41.5 Å². The Kier molecular flexibility index (Phi) is 9.93. The number of hydrogen-bond donors (Lipinski definition) is 0. The summed E-state index contributed by atoms with van der Waals surface area (Å²) >= 11 is 0. The summed E-state index contributed by atoms with van der Waals surface area (Å²) in [6.45, 7) is 1.88. The van der Waals surface area contributed by atoms with Gasteiger partial charge in [-0.05, 0) is 24.8 Å². The Hall–Kier alpha value is -0.640. The zero-order valence-electron chi connectivity index (χ0n) is 10.1. The predicted molar refractivity (Wildman–Crippen MR) is 72.5 cm³/mol. The molecule has 0 atom stereocenters. The van der Waals surface area contributed by atoms with Gasteiger partial charge in [-0.2, -0.15) is 0 Å². The third-order valence-corrected chi connectivity index (χ3v) is 2.37. The molecular formula is C14H19NaO3. The summed E-state index contributed by atoms with van der Waals surface area (Å²) in [6.07, 6.45) is 2.85. The Bertz CT molecular complexity index is 363. The minimum atomic E-state index is -0.419. The zero-order valence-corrected chi connectivity index (χ0v) is 10.1. The van der Waals surface area contributed by atoms with E-state index in [1.54, 1.807) is 0 Å². The molecule has 0 spiro atoms. The van der Waals surface area contributed by atoms with Crippen molar-refractivity contribution in [2.75, 3.05) is 0 Å². The van der Waals surface area contributed by atoms with Crippen LogP contribution in [0.15, 0.2) is 30.3 Å². The molecule has 0 saturated carbocycles. The van der Waals surface area contributed by atoms with E-state index in [4.69, 9.17) is 0 Å². The Morgan fingerprint density at radius 3 is 2.28 bits per heavy atom. The number of hydrogen-bond acceptors (Lipinski definition) is 3. The van der Waals surface area contributed by atoms with Crippen LogP contribution in [0.5, 0.6) is 0 Å². The van der Waals surface area contributed by atoms with Gasteiger partial charge in [0.15, 0.2) is 0 Å². The maximum atomic E-state index is 11.3. The monoisotopic (exact) mass is 258 g/mol. The molecular weight excluding hydrogens is 239 g/mol. The van der Waals surface area contributed by atoms with Crippen molar-refractivity contribution < 1.29 is 14.3 Å². The summed E-state index contributed by atoms with van der Waals surface area (Å²) in [5.74, 6) is -0.836. The number of carbonyl (C=O) groups is 2. The van der Waals surface area contributed by atoms with Crippen LogP contribution in [0, 0.1) is 0 Å². The van der Waals surface area contributed by atoms with Crippen molar-refractivity contribution in [2.45, 2.75) is 39.0 Å². The summed E-state index contributed by atoms with van der Waals surface area (Å²) < 4.78 is 4.65. The molecule has 1 rings (SSSR count). The standard InChI is InChI=1S/C14H18O3.Na.H/c1-2-7-13(15)17-14(16)11-6-10-12-8-4-3-5-9-12;;/h3-5,8-9H,2,6-7,10-11H2,1H3;;. The number of benzene rings is 1. The second-order valence-electron chi connectivity index (χ2n) is 3.94. The van der Waals surface area contributed by atoms with Crippen LogP contribution in [0.1, 0.15) is 38.2 Å². The van der Waals surface area contributed by atoms with Gasteiger partial charge in [0.1, 0.15) is 0 Å². The molecule has 0 fully saturated rings. The molecule has 0 aliphatic rings. The van der Waals surface area contributed by atoms with E-state index in [1.807, 2.05) is 37.3 Å². The molecule has 0 N–H and O–H groups in total. The average Bonchev–Trinajstić information content (AvgIpc) is 2.30. The van der Waals surface area contributed by atoms with Gasteiger partial charge in [0, 0.05) is 12.8 Å². The van der Waals surface area contributed by atoms with Crippen molar-refractivity contribution in [1.29, 1.82) is 0 Å². The van der Waals surface area contributed by atoms with Crippen molar-refractivity contribution in [3.05, 3.63) is 35.9 Å². The van der Waals surface area contributed by atoms with Gasteiger partial charge in [-0.25, -0.2) is 0 Å². The van der Waals surface area contributed by atoms with E-state index >= 15 is 0 Å². The molecule has 18 heavy (non-hydrogen) atoms. The van der Waals surface area contributed by atoms with Crippen molar-refractivity contribution in [1.82, 2.24) is 0 Å². The quantitative estimate of drug-likeness (QED) is 0.446. The SMILES string of the molecule is CCCC(=O)OC(=O)CCCc1ccccc1.[NaH]. The van der Waals surface area contributed by atoms with Gasteiger partial charge in [-0.3, -0.25) is 9.59 Å². The van der Waals surface area contributed by atoms with Gasteiger partial charge < -0.3 is 4.74 Å². The zero-order chi connectivity index (χ0) is 12.5. The molecule has 94 valence electrons. The average molecular weight is 258 g/mol. The second-order valence-corrected chi connectivity index (χ2v) is 3.94. The Morgan fingerprint density at radius 2 is 1.67 bits per heavy atom. The van der Waals surface area contributed by atoms with Gasteiger partial charge in [0.2, 0.25) is 0 Å². The first-order chi connectivity index (χ1) is 8.22. The first-order valence-electron chi connectivity index (χ1n) is 5.99. The summed E-state index contributed by atoms with van der Waals surface area (Å²) in [5, 5.41) is 0. The van der Waals surface area contributed by atoms with Crippen LogP contribution >= 0.6 is 0 Å². The molecule has 0 heterocycles. The van der Waals surface area contributed by atoms with Gasteiger partial charge >= 0.3 is 41.5 Å². The van der Waals surface area contributed by atoms with E-state index in [1.165, 1.54) is 5.56 Å². The summed E-state index contributed by atoms with van der Waals surface area (Å²) in [6, 6.07) is 9.94. The van der Waals surface area contributed by atoms with E-state index in [0.29, 0.717) is 25.7 Å². The molecule has 0 bridgehead atoms. The maximum absolute atomic E-state index is 11.3. The van der Waals surface area contributed by atoms with Gasteiger partial charge in [-0.1, -0.05) is 37.3 Å². The molecule has 0 aromatic heterocycles. The first-order valence-corrected chi connectivity index (χ1v) is 5.99. The number of carbonyl (C=O) groups excluding carboxylic acids is 2. The normalized spacial score (nSPS) is 9.39. The molecule has 4 heteroatoms. The molecule has 0 unspecified atom stereocenters. The number of rotatable bonds is 6. The predicted octanol–water partition coefficient (Wildman–Crippen LogP) is 2.23. The molecule has 0 radical (unpaired) electrons. The van der Waals surface area contributed by atoms with E-state index < -0.39 is 11.9 Å². The topological polar surface area (TPSA) is 43.4 Å².